The van der Waals surface area contributed by atoms with Crippen LogP contribution in [0.1, 0.15) is 24.3 Å². The number of nitrogens with one attached hydrogen (secondary N) is 1. The molecule has 0 aliphatic heterocycles. The molecule has 0 radical (unpaired) electrons. The van der Waals surface area contributed by atoms with Crippen LogP contribution in [0.2, 0.25) is 0 Å². The molecule has 0 aromatic heterocycles. The van der Waals surface area contributed by atoms with Gasteiger partial charge in [0.1, 0.15) is 0 Å². The molecule has 74 valence electrons. The standard InChI is InChI=1S/C11H12BrNO/c12-7-11(14)13-10-5-3-9(4-6-10)8-1-2-8/h3-6,8H,1-2,7H2,(H,13,14). The third-order valence-electron chi connectivity index (χ3n) is 2.36. The van der Waals surface area contributed by atoms with Gasteiger partial charge in [-0.1, -0.05) is 28.1 Å². The van der Waals surface area contributed by atoms with Crippen LogP contribution >= 0.6 is 15.9 Å². The summed E-state index contributed by atoms with van der Waals surface area (Å²) in [6, 6.07) is 8.13. The summed E-state index contributed by atoms with van der Waals surface area (Å²) >= 11 is 3.11. The normalized spacial score (nSPS) is 15.2. The minimum atomic E-state index is -0.0100. The maximum atomic E-state index is 11.1. The molecule has 1 aliphatic rings. The highest BCUT2D eigenvalue weighted by molar-refractivity contribution is 9.09. The quantitative estimate of drug-likeness (QED) is 0.825. The Balaban J connectivity index is 2.02. The lowest BCUT2D eigenvalue weighted by Crippen LogP contribution is -2.11. The highest BCUT2D eigenvalue weighted by Crippen LogP contribution is 2.40. The van der Waals surface area contributed by atoms with E-state index in [1.807, 2.05) is 12.1 Å². The summed E-state index contributed by atoms with van der Waals surface area (Å²) in [7, 11) is 0. The minimum Gasteiger partial charge on any atom is -0.325 e. The second-order valence-corrected chi connectivity index (χ2v) is 4.14. The van der Waals surface area contributed by atoms with E-state index < -0.39 is 0 Å². The molecule has 14 heavy (non-hydrogen) atoms. The molecule has 0 heterocycles. The number of hydrogen-bond donors (Lipinski definition) is 1. The number of rotatable bonds is 3. The van der Waals surface area contributed by atoms with Crippen LogP contribution in [0, 0.1) is 0 Å². The molecule has 0 spiro atoms. The van der Waals surface area contributed by atoms with Gasteiger partial charge < -0.3 is 5.32 Å². The van der Waals surface area contributed by atoms with Gasteiger partial charge in [-0.3, -0.25) is 4.79 Å². The van der Waals surface area contributed by atoms with Crippen molar-refractivity contribution in [3.05, 3.63) is 29.8 Å². The first-order valence-electron chi connectivity index (χ1n) is 4.75. The first-order chi connectivity index (χ1) is 6.79. The zero-order chi connectivity index (χ0) is 9.97. The molecule has 1 saturated carbocycles. The monoisotopic (exact) mass is 253 g/mol. The van der Waals surface area contributed by atoms with E-state index in [-0.39, 0.29) is 5.91 Å². The number of amides is 1. The molecule has 3 heteroatoms. The Morgan fingerprint density at radius 1 is 1.36 bits per heavy atom. The fourth-order valence-corrected chi connectivity index (χ4v) is 1.59. The number of carbonyl (C=O) groups is 1. The van der Waals surface area contributed by atoms with E-state index >= 15 is 0 Å². The zero-order valence-corrected chi connectivity index (χ0v) is 9.38. The molecular formula is C11H12BrNO. The molecule has 1 N–H and O–H groups in total. The van der Waals surface area contributed by atoms with Gasteiger partial charge in [-0.2, -0.15) is 0 Å². The van der Waals surface area contributed by atoms with Crippen LogP contribution in [0.4, 0.5) is 5.69 Å². The molecule has 1 aromatic rings. The minimum absolute atomic E-state index is 0.0100. The van der Waals surface area contributed by atoms with Crippen molar-refractivity contribution in [2.75, 3.05) is 10.6 Å². The second kappa shape index (κ2) is 4.13. The van der Waals surface area contributed by atoms with Crippen molar-refractivity contribution in [1.29, 1.82) is 0 Å². The van der Waals surface area contributed by atoms with E-state index in [9.17, 15) is 4.79 Å². The van der Waals surface area contributed by atoms with Crippen molar-refractivity contribution >= 4 is 27.5 Å². The molecule has 1 aromatic carbocycles. The molecule has 1 amide bonds. The second-order valence-electron chi connectivity index (χ2n) is 3.58. The number of benzene rings is 1. The lowest BCUT2D eigenvalue weighted by molar-refractivity contribution is -0.113. The molecular weight excluding hydrogens is 242 g/mol. The van der Waals surface area contributed by atoms with Crippen molar-refractivity contribution in [1.82, 2.24) is 0 Å². The first-order valence-corrected chi connectivity index (χ1v) is 5.87. The summed E-state index contributed by atoms with van der Waals surface area (Å²) in [6.07, 6.45) is 2.63. The number of carbonyl (C=O) groups excluding carboxylic acids is 1. The first kappa shape index (κ1) is 9.71. The highest BCUT2D eigenvalue weighted by Gasteiger charge is 2.22. The van der Waals surface area contributed by atoms with Crippen LogP contribution in [0.5, 0.6) is 0 Å². The Morgan fingerprint density at radius 3 is 2.50 bits per heavy atom. The zero-order valence-electron chi connectivity index (χ0n) is 7.79. The van der Waals surface area contributed by atoms with Crippen LogP contribution in [-0.2, 0) is 4.79 Å². The van der Waals surface area contributed by atoms with Gasteiger partial charge in [0.05, 0.1) is 5.33 Å². The third-order valence-corrected chi connectivity index (χ3v) is 2.87. The van der Waals surface area contributed by atoms with Crippen molar-refractivity contribution < 1.29 is 4.79 Å². The van der Waals surface area contributed by atoms with Gasteiger partial charge in [0.2, 0.25) is 5.91 Å². The van der Waals surface area contributed by atoms with Crippen LogP contribution in [0.15, 0.2) is 24.3 Å². The number of hydrogen-bond acceptors (Lipinski definition) is 1. The smallest absolute Gasteiger partial charge is 0.235 e. The molecule has 0 bridgehead atoms. The van der Waals surface area contributed by atoms with E-state index in [2.05, 4.69) is 33.4 Å². The lowest BCUT2D eigenvalue weighted by Gasteiger charge is -2.03. The number of alkyl halides is 1. The molecule has 0 saturated heterocycles. The van der Waals surface area contributed by atoms with Crippen molar-refractivity contribution in [3.63, 3.8) is 0 Å². The molecule has 1 fully saturated rings. The maximum absolute atomic E-state index is 11.1. The Morgan fingerprint density at radius 2 is 2.00 bits per heavy atom. The highest BCUT2D eigenvalue weighted by atomic mass is 79.9. The summed E-state index contributed by atoms with van der Waals surface area (Å²) in [5.74, 6) is 0.764. The van der Waals surface area contributed by atoms with Crippen LogP contribution in [0.25, 0.3) is 0 Å². The molecule has 1 aliphatic carbocycles. The molecule has 0 unspecified atom stereocenters. The third kappa shape index (κ3) is 2.35. The van der Waals surface area contributed by atoms with Gasteiger partial charge in [-0.15, -0.1) is 0 Å². The van der Waals surface area contributed by atoms with E-state index in [1.54, 1.807) is 0 Å². The summed E-state index contributed by atoms with van der Waals surface area (Å²) in [5.41, 5.74) is 2.26. The number of anilines is 1. The Labute approximate surface area is 91.8 Å². The van der Waals surface area contributed by atoms with Gasteiger partial charge >= 0.3 is 0 Å². The summed E-state index contributed by atoms with van der Waals surface area (Å²) in [6.45, 7) is 0. The molecule has 2 rings (SSSR count). The van der Waals surface area contributed by atoms with Crippen molar-refractivity contribution in [2.24, 2.45) is 0 Å². The predicted octanol–water partition coefficient (Wildman–Crippen LogP) is 2.90. The van der Waals surface area contributed by atoms with Crippen LogP contribution < -0.4 is 5.32 Å². The van der Waals surface area contributed by atoms with Gasteiger partial charge in [0.15, 0.2) is 0 Å². The van der Waals surface area contributed by atoms with Gasteiger partial charge in [0.25, 0.3) is 0 Å². The Hall–Kier alpha value is -0.830. The summed E-state index contributed by atoms with van der Waals surface area (Å²) < 4.78 is 0. The maximum Gasteiger partial charge on any atom is 0.235 e. The van der Waals surface area contributed by atoms with E-state index in [0.29, 0.717) is 5.33 Å². The predicted molar refractivity (Wildman–Crippen MR) is 60.8 cm³/mol. The van der Waals surface area contributed by atoms with Crippen molar-refractivity contribution in [3.8, 4) is 0 Å². The van der Waals surface area contributed by atoms with Gasteiger partial charge in [-0.25, -0.2) is 0 Å². The van der Waals surface area contributed by atoms with Crippen molar-refractivity contribution in [2.45, 2.75) is 18.8 Å². The topological polar surface area (TPSA) is 29.1 Å². The van der Waals surface area contributed by atoms with Crippen LogP contribution in [0.3, 0.4) is 0 Å². The van der Waals surface area contributed by atoms with E-state index in [0.717, 1.165) is 11.6 Å². The van der Waals surface area contributed by atoms with Crippen LogP contribution in [-0.4, -0.2) is 11.2 Å². The van der Waals surface area contributed by atoms with Gasteiger partial charge in [0, 0.05) is 5.69 Å². The number of halogens is 1. The lowest BCUT2D eigenvalue weighted by atomic mass is 10.1. The summed E-state index contributed by atoms with van der Waals surface area (Å²) in [4.78, 5) is 11.1. The average Bonchev–Trinajstić information content (AvgIpc) is 3.02. The Bertz CT molecular complexity index is 330. The van der Waals surface area contributed by atoms with E-state index in [1.165, 1.54) is 18.4 Å². The largest absolute Gasteiger partial charge is 0.325 e. The average molecular weight is 254 g/mol. The SMILES string of the molecule is O=C(CBr)Nc1ccc(C2CC2)cc1. The van der Waals surface area contributed by atoms with E-state index in [4.69, 9.17) is 0 Å². The van der Waals surface area contributed by atoms with Gasteiger partial charge in [-0.05, 0) is 36.5 Å². The fraction of sp³-hybridized carbons (Fsp3) is 0.364. The molecule has 2 nitrogen and oxygen atoms in total. The Kier molecular flexibility index (Phi) is 2.87. The summed E-state index contributed by atoms with van der Waals surface area (Å²) in [5, 5.41) is 3.14. The molecule has 0 atom stereocenters. The fourth-order valence-electron chi connectivity index (χ4n) is 1.45.